The summed E-state index contributed by atoms with van der Waals surface area (Å²) >= 11 is 12.4. The van der Waals surface area contributed by atoms with Gasteiger partial charge in [0.2, 0.25) is 0 Å². The van der Waals surface area contributed by atoms with E-state index < -0.39 is 10.0 Å². The lowest BCUT2D eigenvalue weighted by atomic mass is 10.1. The normalized spacial score (nSPS) is 11.1. The molecule has 4 aromatic rings. The number of hydrogen-bond donors (Lipinski definition) is 1. The van der Waals surface area contributed by atoms with E-state index in [9.17, 15) is 13.2 Å². The van der Waals surface area contributed by atoms with E-state index in [0.717, 1.165) is 5.56 Å². The molecule has 10 heteroatoms. The topological polar surface area (TPSA) is 84.9 Å². The number of carbonyl (C=O) groups is 1. The number of amides is 1. The highest BCUT2D eigenvalue weighted by atomic mass is 35.5. The molecule has 7 nitrogen and oxygen atoms in total. The van der Waals surface area contributed by atoms with Crippen LogP contribution in [-0.2, 0) is 16.6 Å². The maximum Gasteiger partial charge on any atom is 0.264 e. The minimum Gasteiger partial charge on any atom is -0.495 e. The first-order chi connectivity index (χ1) is 18.6. The van der Waals surface area contributed by atoms with Gasteiger partial charge in [0.25, 0.3) is 15.9 Å². The molecule has 0 spiro atoms. The second-order valence-corrected chi connectivity index (χ2v) is 11.3. The number of benzene rings is 4. The van der Waals surface area contributed by atoms with Crippen molar-refractivity contribution < 1.29 is 22.7 Å². The summed E-state index contributed by atoms with van der Waals surface area (Å²) in [6.07, 6.45) is 0. The van der Waals surface area contributed by atoms with Crippen molar-refractivity contribution in [1.29, 1.82) is 0 Å². The van der Waals surface area contributed by atoms with Crippen LogP contribution in [0.5, 0.6) is 11.5 Å². The number of nitrogens with zero attached hydrogens (tertiary/aromatic N) is 1. The maximum absolute atomic E-state index is 13.7. The largest absolute Gasteiger partial charge is 0.495 e. The van der Waals surface area contributed by atoms with E-state index in [1.54, 1.807) is 84.9 Å². The van der Waals surface area contributed by atoms with Crippen LogP contribution in [0.2, 0.25) is 10.0 Å². The van der Waals surface area contributed by atoms with Gasteiger partial charge in [0.15, 0.2) is 0 Å². The second-order valence-electron chi connectivity index (χ2n) is 8.59. The molecule has 1 amide bonds. The summed E-state index contributed by atoms with van der Waals surface area (Å²) in [5.74, 6) is 0.382. The van der Waals surface area contributed by atoms with Gasteiger partial charge in [0.1, 0.15) is 11.5 Å². The van der Waals surface area contributed by atoms with Gasteiger partial charge in [0, 0.05) is 22.7 Å². The van der Waals surface area contributed by atoms with E-state index in [-0.39, 0.29) is 17.3 Å². The van der Waals surface area contributed by atoms with Crippen molar-refractivity contribution in [2.24, 2.45) is 0 Å². The molecular weight excluding hydrogens is 559 g/mol. The van der Waals surface area contributed by atoms with Gasteiger partial charge >= 0.3 is 0 Å². The Bertz CT molecular complexity index is 1590. The van der Waals surface area contributed by atoms with Crippen LogP contribution >= 0.6 is 23.2 Å². The van der Waals surface area contributed by atoms with Crippen LogP contribution in [0.1, 0.15) is 21.5 Å². The Labute approximate surface area is 237 Å². The van der Waals surface area contributed by atoms with Crippen LogP contribution in [0, 0.1) is 6.92 Å². The number of carbonyl (C=O) groups excluding carboxylic acids is 1. The smallest absolute Gasteiger partial charge is 0.264 e. The lowest BCUT2D eigenvalue weighted by Crippen LogP contribution is -2.31. The highest BCUT2D eigenvalue weighted by Gasteiger charge is 2.26. The first-order valence-corrected chi connectivity index (χ1v) is 14.0. The Morgan fingerprint density at radius 2 is 1.54 bits per heavy atom. The fourth-order valence-corrected chi connectivity index (χ4v) is 5.88. The van der Waals surface area contributed by atoms with Crippen molar-refractivity contribution in [3.05, 3.63) is 112 Å². The number of nitrogens with one attached hydrogen (secondary N) is 1. The van der Waals surface area contributed by atoms with Crippen molar-refractivity contribution in [1.82, 2.24) is 0 Å². The number of methoxy groups -OCH3 is 2. The minimum absolute atomic E-state index is 0.0303. The van der Waals surface area contributed by atoms with Crippen molar-refractivity contribution in [2.45, 2.75) is 18.4 Å². The third kappa shape index (κ3) is 6.30. The van der Waals surface area contributed by atoms with Crippen LogP contribution in [0.25, 0.3) is 0 Å². The molecule has 0 atom stereocenters. The van der Waals surface area contributed by atoms with Crippen molar-refractivity contribution in [3.8, 4) is 11.5 Å². The van der Waals surface area contributed by atoms with Crippen molar-refractivity contribution in [2.75, 3.05) is 23.8 Å². The third-order valence-electron chi connectivity index (χ3n) is 6.04. The standard InChI is InChI=1S/C29H26Cl2N2O5S/c1-19-9-14-22(30)15-26(19)33(39(35,36)23-7-5-4-6-8-23)18-20-10-12-21(13-11-20)29(34)32-25-17-27(37-2)24(31)16-28(25)38-3/h4-17H,18H2,1-3H3,(H,32,34). The molecule has 0 saturated heterocycles. The zero-order valence-electron chi connectivity index (χ0n) is 21.4. The fraction of sp³-hybridized carbons (Fsp3) is 0.138. The Balaban J connectivity index is 1.63. The number of aryl methyl sites for hydroxylation is 1. The van der Waals surface area contributed by atoms with Crippen LogP contribution in [-0.4, -0.2) is 28.5 Å². The van der Waals surface area contributed by atoms with Crippen molar-refractivity contribution in [3.63, 3.8) is 0 Å². The molecule has 0 heterocycles. The predicted molar refractivity (Wildman–Crippen MR) is 155 cm³/mol. The lowest BCUT2D eigenvalue weighted by Gasteiger charge is -2.26. The number of sulfonamides is 1. The van der Waals surface area contributed by atoms with E-state index in [2.05, 4.69) is 5.32 Å². The zero-order chi connectivity index (χ0) is 28.2. The predicted octanol–water partition coefficient (Wildman–Crippen LogP) is 6.97. The summed E-state index contributed by atoms with van der Waals surface area (Å²) in [6, 6.07) is 23.1. The molecule has 0 aliphatic carbocycles. The minimum atomic E-state index is -3.92. The van der Waals surface area contributed by atoms with Crippen LogP contribution in [0.3, 0.4) is 0 Å². The average molecular weight is 586 g/mol. The van der Waals surface area contributed by atoms with Gasteiger partial charge in [-0.3, -0.25) is 9.10 Å². The van der Waals surface area contributed by atoms with E-state index in [1.165, 1.54) is 18.5 Å². The summed E-state index contributed by atoms with van der Waals surface area (Å²) in [6.45, 7) is 1.86. The highest BCUT2D eigenvalue weighted by Crippen LogP contribution is 2.36. The number of rotatable bonds is 9. The summed E-state index contributed by atoms with van der Waals surface area (Å²) < 4.78 is 39.3. The van der Waals surface area contributed by atoms with Gasteiger partial charge in [0.05, 0.1) is 42.1 Å². The summed E-state index contributed by atoms with van der Waals surface area (Å²) in [5, 5.41) is 3.57. The van der Waals surface area contributed by atoms with Gasteiger partial charge in [-0.1, -0.05) is 59.6 Å². The number of hydrogen-bond acceptors (Lipinski definition) is 5. The number of ether oxygens (including phenoxy) is 2. The monoisotopic (exact) mass is 584 g/mol. The Morgan fingerprint density at radius 1 is 0.872 bits per heavy atom. The molecule has 0 saturated carbocycles. The molecule has 0 radical (unpaired) electrons. The Kier molecular flexibility index (Phi) is 8.70. The van der Waals surface area contributed by atoms with Crippen LogP contribution in [0.15, 0.2) is 89.8 Å². The average Bonchev–Trinajstić information content (AvgIpc) is 2.94. The van der Waals surface area contributed by atoms with E-state index in [1.807, 2.05) is 6.92 Å². The molecule has 4 aromatic carbocycles. The fourth-order valence-electron chi connectivity index (χ4n) is 3.95. The Morgan fingerprint density at radius 3 is 2.18 bits per heavy atom. The van der Waals surface area contributed by atoms with E-state index in [4.69, 9.17) is 32.7 Å². The van der Waals surface area contributed by atoms with Gasteiger partial charge < -0.3 is 14.8 Å². The second kappa shape index (κ2) is 12.0. The lowest BCUT2D eigenvalue weighted by molar-refractivity contribution is 0.102. The van der Waals surface area contributed by atoms with E-state index in [0.29, 0.717) is 44.0 Å². The number of anilines is 2. The molecular formula is C29H26Cl2N2O5S. The SMILES string of the molecule is COc1cc(NC(=O)c2ccc(CN(c3cc(Cl)ccc3C)S(=O)(=O)c3ccccc3)cc2)c(OC)cc1Cl. The molecule has 4 rings (SSSR count). The van der Waals surface area contributed by atoms with Crippen LogP contribution < -0.4 is 19.1 Å². The summed E-state index contributed by atoms with van der Waals surface area (Å²) in [7, 11) is -0.970. The first-order valence-electron chi connectivity index (χ1n) is 11.8. The molecule has 0 unspecified atom stereocenters. The van der Waals surface area contributed by atoms with Crippen LogP contribution in [0.4, 0.5) is 11.4 Å². The molecule has 39 heavy (non-hydrogen) atoms. The third-order valence-corrected chi connectivity index (χ3v) is 8.34. The van der Waals surface area contributed by atoms with E-state index >= 15 is 0 Å². The van der Waals surface area contributed by atoms with Gasteiger partial charge in [-0.2, -0.15) is 0 Å². The molecule has 202 valence electrons. The summed E-state index contributed by atoms with van der Waals surface area (Å²) in [4.78, 5) is 13.1. The van der Waals surface area contributed by atoms with Crippen molar-refractivity contribution >= 4 is 50.5 Å². The number of halogens is 2. The molecule has 0 fully saturated rings. The Hall–Kier alpha value is -3.72. The molecule has 0 aromatic heterocycles. The zero-order valence-corrected chi connectivity index (χ0v) is 23.8. The molecule has 0 bridgehead atoms. The summed E-state index contributed by atoms with van der Waals surface area (Å²) in [5.41, 5.74) is 2.66. The van der Waals surface area contributed by atoms with Gasteiger partial charge in [-0.05, 0) is 54.4 Å². The molecule has 0 aliphatic heterocycles. The highest BCUT2D eigenvalue weighted by molar-refractivity contribution is 7.92. The molecule has 1 N–H and O–H groups in total. The van der Waals surface area contributed by atoms with Gasteiger partial charge in [-0.15, -0.1) is 0 Å². The van der Waals surface area contributed by atoms with Gasteiger partial charge in [-0.25, -0.2) is 8.42 Å². The molecule has 0 aliphatic rings. The first kappa shape index (κ1) is 28.3. The maximum atomic E-state index is 13.7. The quantitative estimate of drug-likeness (QED) is 0.230.